The number of nitrogens with one attached hydrogen (secondary N) is 1. The predicted molar refractivity (Wildman–Crippen MR) is 94.2 cm³/mol. The van der Waals surface area contributed by atoms with Crippen LogP contribution < -0.4 is 10.1 Å². The first kappa shape index (κ1) is 15.5. The number of nitrogens with zero attached hydrogens (tertiary/aromatic N) is 1. The smallest absolute Gasteiger partial charge is 0.235 e. The zero-order valence-corrected chi connectivity index (χ0v) is 14.8. The van der Waals surface area contributed by atoms with Crippen molar-refractivity contribution in [2.75, 3.05) is 19.5 Å². The molecule has 2 heterocycles. The molecule has 4 aliphatic rings. The van der Waals surface area contributed by atoms with Gasteiger partial charge in [-0.15, -0.1) is 11.6 Å². The maximum atomic E-state index is 11.9. The molecule has 1 saturated heterocycles. The Kier molecular flexibility index (Phi) is 3.20. The molecule has 1 amide bonds. The molecule has 5 atom stereocenters. The van der Waals surface area contributed by atoms with Crippen LogP contribution in [0.25, 0.3) is 0 Å². The van der Waals surface area contributed by atoms with Crippen molar-refractivity contribution in [2.45, 2.75) is 36.4 Å². The second-order valence-electron chi connectivity index (χ2n) is 7.67. The number of aromatic hydroxyl groups is 1. The summed E-state index contributed by atoms with van der Waals surface area (Å²) >= 11 is 5.69. The average molecular weight is 361 g/mol. The number of alkyl halides is 1. The van der Waals surface area contributed by atoms with Gasteiger partial charge in [-0.05, 0) is 38.1 Å². The molecule has 0 unspecified atom stereocenters. The Hall–Kier alpha value is -1.72. The SMILES string of the molecule is CN1CC[C@]23c4c5ccc(O)c4O[C@H]2[C@H](NC(=O)CCl)C=C[C@H]3[C@H]1C5. The van der Waals surface area contributed by atoms with E-state index in [-0.39, 0.29) is 35.1 Å². The zero-order valence-electron chi connectivity index (χ0n) is 14.0. The molecule has 5 rings (SSSR count). The maximum absolute atomic E-state index is 11.9. The van der Waals surface area contributed by atoms with Gasteiger partial charge in [-0.2, -0.15) is 0 Å². The molecule has 0 radical (unpaired) electrons. The van der Waals surface area contributed by atoms with Crippen molar-refractivity contribution in [3.05, 3.63) is 35.4 Å². The van der Waals surface area contributed by atoms with E-state index in [9.17, 15) is 9.90 Å². The van der Waals surface area contributed by atoms with Crippen LogP contribution in [0.5, 0.6) is 11.5 Å². The second-order valence-corrected chi connectivity index (χ2v) is 7.93. The van der Waals surface area contributed by atoms with E-state index in [2.05, 4.69) is 29.4 Å². The summed E-state index contributed by atoms with van der Waals surface area (Å²) in [6.07, 6.45) is 6.02. The first-order valence-electron chi connectivity index (χ1n) is 8.82. The molecule has 6 heteroatoms. The number of phenols is 1. The highest BCUT2D eigenvalue weighted by atomic mass is 35.5. The Morgan fingerprint density at radius 2 is 2.32 bits per heavy atom. The van der Waals surface area contributed by atoms with Crippen molar-refractivity contribution in [1.29, 1.82) is 0 Å². The Bertz CT molecular complexity index is 795. The Morgan fingerprint density at radius 1 is 1.48 bits per heavy atom. The Morgan fingerprint density at radius 3 is 3.12 bits per heavy atom. The second kappa shape index (κ2) is 5.15. The number of likely N-dealkylation sites (tertiary alicyclic amines) is 1. The third-order valence-corrected chi connectivity index (χ3v) is 6.87. The summed E-state index contributed by atoms with van der Waals surface area (Å²) < 4.78 is 6.33. The van der Waals surface area contributed by atoms with Crippen LogP contribution in [0.4, 0.5) is 0 Å². The van der Waals surface area contributed by atoms with E-state index in [1.165, 1.54) is 11.1 Å². The lowest BCUT2D eigenvalue weighted by Crippen LogP contribution is -2.66. The van der Waals surface area contributed by atoms with E-state index in [0.717, 1.165) is 19.4 Å². The van der Waals surface area contributed by atoms with Gasteiger partial charge in [0.05, 0.1) is 6.04 Å². The number of amides is 1. The van der Waals surface area contributed by atoms with Crippen LogP contribution in [0.15, 0.2) is 24.3 Å². The fraction of sp³-hybridized carbons (Fsp3) is 0.526. The summed E-state index contributed by atoms with van der Waals surface area (Å²) in [7, 11) is 2.18. The third-order valence-electron chi connectivity index (χ3n) is 6.62. The molecule has 1 fully saturated rings. The lowest BCUT2D eigenvalue weighted by molar-refractivity contribution is -0.120. The Balaban J connectivity index is 1.70. The van der Waals surface area contributed by atoms with E-state index in [1.54, 1.807) is 6.07 Å². The van der Waals surface area contributed by atoms with Crippen LogP contribution in [0, 0.1) is 5.92 Å². The number of ether oxygens (including phenoxy) is 1. The van der Waals surface area contributed by atoms with Gasteiger partial charge >= 0.3 is 0 Å². The van der Waals surface area contributed by atoms with E-state index < -0.39 is 0 Å². The number of hydrogen-bond donors (Lipinski definition) is 2. The highest BCUT2D eigenvalue weighted by Gasteiger charge is 2.64. The molecule has 132 valence electrons. The van der Waals surface area contributed by atoms with Gasteiger partial charge in [-0.1, -0.05) is 18.2 Å². The molecule has 1 aromatic carbocycles. The molecular formula is C19H21ClN2O3. The highest BCUT2D eigenvalue weighted by Crippen LogP contribution is 2.62. The van der Waals surface area contributed by atoms with Gasteiger partial charge in [0, 0.05) is 22.9 Å². The average Bonchev–Trinajstić information content (AvgIpc) is 2.96. The summed E-state index contributed by atoms with van der Waals surface area (Å²) in [5.74, 6) is 0.874. The fourth-order valence-corrected chi connectivity index (χ4v) is 5.69. The minimum absolute atomic E-state index is 0.0672. The number of halogens is 1. The Labute approximate surface area is 151 Å². The van der Waals surface area contributed by atoms with Gasteiger partial charge in [0.1, 0.15) is 12.0 Å². The molecule has 2 N–H and O–H groups in total. The van der Waals surface area contributed by atoms with E-state index in [0.29, 0.717) is 17.7 Å². The first-order chi connectivity index (χ1) is 12.1. The van der Waals surface area contributed by atoms with Crippen LogP contribution in [-0.4, -0.2) is 53.6 Å². The molecular weight excluding hydrogens is 340 g/mol. The number of rotatable bonds is 2. The first-order valence-corrected chi connectivity index (χ1v) is 9.35. The highest BCUT2D eigenvalue weighted by molar-refractivity contribution is 6.27. The lowest BCUT2D eigenvalue weighted by atomic mass is 9.53. The minimum Gasteiger partial charge on any atom is -0.504 e. The van der Waals surface area contributed by atoms with E-state index >= 15 is 0 Å². The summed E-state index contributed by atoms with van der Waals surface area (Å²) in [5.41, 5.74) is 2.25. The largest absolute Gasteiger partial charge is 0.504 e. The quantitative estimate of drug-likeness (QED) is 0.620. The summed E-state index contributed by atoms with van der Waals surface area (Å²) in [6, 6.07) is 3.96. The number of likely N-dealkylation sites (N-methyl/N-ethyl adjacent to an activating group) is 1. The van der Waals surface area contributed by atoms with E-state index in [1.807, 2.05) is 6.07 Å². The van der Waals surface area contributed by atoms with Gasteiger partial charge in [0.15, 0.2) is 11.5 Å². The van der Waals surface area contributed by atoms with Crippen molar-refractivity contribution < 1.29 is 14.6 Å². The third kappa shape index (κ3) is 1.86. The normalized spacial score (nSPS) is 37.4. The zero-order chi connectivity index (χ0) is 17.3. The molecule has 2 aliphatic heterocycles. The van der Waals surface area contributed by atoms with Crippen molar-refractivity contribution in [2.24, 2.45) is 5.92 Å². The number of carbonyl (C=O) groups is 1. The molecule has 1 aromatic rings. The van der Waals surface area contributed by atoms with Gasteiger partial charge in [0.25, 0.3) is 0 Å². The summed E-state index contributed by atoms with van der Waals surface area (Å²) in [4.78, 5) is 14.3. The monoisotopic (exact) mass is 360 g/mol. The topological polar surface area (TPSA) is 61.8 Å². The predicted octanol–water partition coefficient (Wildman–Crippen LogP) is 1.56. The van der Waals surface area contributed by atoms with Crippen molar-refractivity contribution >= 4 is 17.5 Å². The van der Waals surface area contributed by atoms with Crippen molar-refractivity contribution in [1.82, 2.24) is 10.2 Å². The number of piperidine rings is 1. The minimum atomic E-state index is -0.232. The molecule has 25 heavy (non-hydrogen) atoms. The van der Waals surface area contributed by atoms with Crippen LogP contribution in [0.2, 0.25) is 0 Å². The lowest BCUT2D eigenvalue weighted by Gasteiger charge is -2.57. The standard InChI is InChI=1S/C19H21ClN2O3/c1-22-7-6-19-11-3-4-12(21-15(24)9-20)18(19)25-17-14(23)5-2-10(16(17)19)8-13(11)22/h2-5,11-13,18,23H,6-9H2,1H3,(H,21,24)/t11-,12+,13+,18-,19-/m0/s1. The number of carbonyl (C=O) groups excluding carboxylic acids is 1. The molecule has 2 aliphatic carbocycles. The van der Waals surface area contributed by atoms with Crippen LogP contribution in [0.1, 0.15) is 17.5 Å². The number of benzene rings is 1. The van der Waals surface area contributed by atoms with Crippen LogP contribution >= 0.6 is 11.6 Å². The molecule has 5 nitrogen and oxygen atoms in total. The fourth-order valence-electron chi connectivity index (χ4n) is 5.61. The van der Waals surface area contributed by atoms with Gasteiger partial charge < -0.3 is 20.1 Å². The molecule has 0 aromatic heterocycles. The molecule has 2 bridgehead atoms. The van der Waals surface area contributed by atoms with Gasteiger partial charge in [-0.25, -0.2) is 0 Å². The maximum Gasteiger partial charge on any atom is 0.235 e. The molecule has 0 saturated carbocycles. The number of hydrogen-bond acceptors (Lipinski definition) is 4. The van der Waals surface area contributed by atoms with E-state index in [4.69, 9.17) is 16.3 Å². The van der Waals surface area contributed by atoms with Gasteiger partial charge in [0.2, 0.25) is 5.91 Å². The summed E-state index contributed by atoms with van der Waals surface area (Å²) in [6.45, 7) is 0.986. The van der Waals surface area contributed by atoms with Crippen LogP contribution in [0.3, 0.4) is 0 Å². The number of phenolic OH excluding ortho intramolecular Hbond substituents is 1. The van der Waals surface area contributed by atoms with Crippen molar-refractivity contribution in [3.8, 4) is 11.5 Å². The molecule has 1 spiro atoms. The van der Waals surface area contributed by atoms with Crippen LogP contribution in [-0.2, 0) is 16.6 Å². The summed E-state index contributed by atoms with van der Waals surface area (Å²) in [5, 5.41) is 13.4. The van der Waals surface area contributed by atoms with Crippen molar-refractivity contribution in [3.63, 3.8) is 0 Å². The van der Waals surface area contributed by atoms with Gasteiger partial charge in [-0.3, -0.25) is 4.79 Å².